The highest BCUT2D eigenvalue weighted by Crippen LogP contribution is 2.40. The van der Waals surface area contributed by atoms with Gasteiger partial charge in [0.05, 0.1) is 25.0 Å². The predicted octanol–water partition coefficient (Wildman–Crippen LogP) is 2.15. The Morgan fingerprint density at radius 2 is 2.16 bits per heavy atom. The summed E-state index contributed by atoms with van der Waals surface area (Å²) in [7, 11) is 1.61. The molecule has 0 aliphatic carbocycles. The predicted molar refractivity (Wildman–Crippen MR) is 114 cm³/mol. The second-order valence-electron chi connectivity index (χ2n) is 7.65. The van der Waals surface area contributed by atoms with Gasteiger partial charge in [0.2, 0.25) is 11.7 Å². The van der Waals surface area contributed by atoms with Gasteiger partial charge in [-0.15, -0.1) is 0 Å². The van der Waals surface area contributed by atoms with E-state index in [0.717, 1.165) is 6.42 Å². The quantitative estimate of drug-likeness (QED) is 0.633. The molecule has 0 bridgehead atoms. The molecule has 31 heavy (non-hydrogen) atoms. The van der Waals surface area contributed by atoms with Gasteiger partial charge >= 0.3 is 0 Å². The molecule has 2 aliphatic rings. The summed E-state index contributed by atoms with van der Waals surface area (Å²) in [4.78, 5) is 27.9. The van der Waals surface area contributed by atoms with Crippen LogP contribution in [0.25, 0.3) is 11.4 Å². The van der Waals surface area contributed by atoms with Crippen LogP contribution in [0.3, 0.4) is 0 Å². The summed E-state index contributed by atoms with van der Waals surface area (Å²) in [5.41, 5.74) is 1.05. The van der Waals surface area contributed by atoms with Gasteiger partial charge in [0.25, 0.3) is 5.56 Å². The Kier molecular flexibility index (Phi) is 4.93. The van der Waals surface area contributed by atoms with Crippen molar-refractivity contribution in [1.29, 1.82) is 0 Å². The molecule has 5 rings (SSSR count). The summed E-state index contributed by atoms with van der Waals surface area (Å²) >= 11 is 0. The van der Waals surface area contributed by atoms with Crippen LogP contribution in [0.15, 0.2) is 47.7 Å². The first-order chi connectivity index (χ1) is 15.1. The number of anilines is 1. The zero-order valence-electron chi connectivity index (χ0n) is 17.4. The molecule has 0 fully saturated rings. The third-order valence-corrected chi connectivity index (χ3v) is 5.66. The van der Waals surface area contributed by atoms with E-state index in [1.165, 1.54) is 12.4 Å². The fraction of sp³-hybridized carbons (Fsp3) is 0.364. The van der Waals surface area contributed by atoms with E-state index in [4.69, 9.17) is 19.2 Å². The van der Waals surface area contributed by atoms with Gasteiger partial charge in [-0.1, -0.05) is 6.07 Å². The number of nitrogens with zero attached hydrogens (tertiary/aromatic N) is 5. The van der Waals surface area contributed by atoms with Crippen LogP contribution in [0.5, 0.6) is 17.2 Å². The zero-order chi connectivity index (χ0) is 21.4. The number of rotatable bonds is 4. The van der Waals surface area contributed by atoms with Gasteiger partial charge in [0, 0.05) is 24.8 Å². The standard InChI is InChI=1S/C22H23N5O4/c1-14-7-9-26-20(28)10-17(16-6-8-23-13-24-16)25-22(26)27(14)11-15-12-30-19-5-3-4-18(29-2)21(19)31-15/h3-6,8,10,13-15H,7,9,11-12H2,1-2H3. The number of fused-ring (bicyclic) bond motifs is 2. The van der Waals surface area contributed by atoms with E-state index in [1.807, 2.05) is 18.2 Å². The minimum absolute atomic E-state index is 0.0941. The van der Waals surface area contributed by atoms with Gasteiger partial charge in [-0.05, 0) is 31.5 Å². The van der Waals surface area contributed by atoms with Crippen LogP contribution < -0.4 is 24.7 Å². The van der Waals surface area contributed by atoms with Gasteiger partial charge in [-0.25, -0.2) is 15.0 Å². The highest BCUT2D eigenvalue weighted by Gasteiger charge is 2.32. The lowest BCUT2D eigenvalue weighted by Gasteiger charge is -2.39. The molecular weight excluding hydrogens is 398 g/mol. The minimum atomic E-state index is -0.239. The van der Waals surface area contributed by atoms with Crippen molar-refractivity contribution in [2.75, 3.05) is 25.2 Å². The van der Waals surface area contributed by atoms with E-state index in [9.17, 15) is 4.79 Å². The average molecular weight is 421 g/mol. The normalized spacial score (nSPS) is 19.6. The van der Waals surface area contributed by atoms with Crippen molar-refractivity contribution in [3.8, 4) is 28.6 Å². The summed E-state index contributed by atoms with van der Waals surface area (Å²) in [5.74, 6) is 2.53. The van der Waals surface area contributed by atoms with Crippen LogP contribution in [0.4, 0.5) is 5.95 Å². The van der Waals surface area contributed by atoms with Crippen molar-refractivity contribution in [3.05, 3.63) is 53.2 Å². The van der Waals surface area contributed by atoms with Crippen molar-refractivity contribution in [2.24, 2.45) is 0 Å². The molecule has 160 valence electrons. The maximum atomic E-state index is 12.8. The fourth-order valence-electron chi connectivity index (χ4n) is 4.01. The Labute approximate surface area is 179 Å². The first-order valence-electron chi connectivity index (χ1n) is 10.3. The molecule has 0 amide bonds. The summed E-state index contributed by atoms with van der Waals surface area (Å²) in [5, 5.41) is 0. The van der Waals surface area contributed by atoms with Gasteiger partial charge in [-0.2, -0.15) is 0 Å². The van der Waals surface area contributed by atoms with Crippen LogP contribution in [-0.4, -0.2) is 51.9 Å². The first-order valence-corrected chi connectivity index (χ1v) is 10.3. The van der Waals surface area contributed by atoms with Crippen molar-refractivity contribution in [2.45, 2.75) is 32.0 Å². The molecule has 2 aliphatic heterocycles. The second-order valence-corrected chi connectivity index (χ2v) is 7.65. The summed E-state index contributed by atoms with van der Waals surface area (Å²) in [6.07, 6.45) is 3.69. The smallest absolute Gasteiger partial charge is 0.255 e. The summed E-state index contributed by atoms with van der Waals surface area (Å²) in [6, 6.07) is 9.05. The van der Waals surface area contributed by atoms with E-state index in [1.54, 1.807) is 23.9 Å². The number of para-hydroxylation sites is 1. The van der Waals surface area contributed by atoms with Crippen LogP contribution >= 0.6 is 0 Å². The Hall–Kier alpha value is -3.62. The molecule has 0 N–H and O–H groups in total. The molecule has 9 heteroatoms. The second kappa shape index (κ2) is 7.90. The molecule has 2 aromatic heterocycles. The van der Waals surface area contributed by atoms with Gasteiger partial charge < -0.3 is 19.1 Å². The van der Waals surface area contributed by atoms with Crippen LogP contribution in [-0.2, 0) is 6.54 Å². The molecule has 0 saturated carbocycles. The topological polar surface area (TPSA) is 91.6 Å². The maximum Gasteiger partial charge on any atom is 0.255 e. The number of benzene rings is 1. The minimum Gasteiger partial charge on any atom is -0.493 e. The van der Waals surface area contributed by atoms with Crippen LogP contribution in [0, 0.1) is 0 Å². The van der Waals surface area contributed by atoms with Crippen LogP contribution in [0.2, 0.25) is 0 Å². The lowest BCUT2D eigenvalue weighted by atomic mass is 10.1. The number of methoxy groups -OCH3 is 1. The number of hydrogen-bond acceptors (Lipinski definition) is 8. The first kappa shape index (κ1) is 19.3. The Balaban J connectivity index is 1.47. The number of ether oxygens (including phenoxy) is 3. The molecule has 1 aromatic carbocycles. The largest absolute Gasteiger partial charge is 0.493 e. The third kappa shape index (κ3) is 3.56. The average Bonchev–Trinajstić information content (AvgIpc) is 2.81. The molecule has 2 atom stereocenters. The van der Waals surface area contributed by atoms with Crippen molar-refractivity contribution >= 4 is 5.95 Å². The van der Waals surface area contributed by atoms with Crippen molar-refractivity contribution in [1.82, 2.24) is 19.5 Å². The highest BCUT2D eigenvalue weighted by atomic mass is 16.6. The molecule has 0 radical (unpaired) electrons. The lowest BCUT2D eigenvalue weighted by molar-refractivity contribution is 0.0887. The Morgan fingerprint density at radius 3 is 2.97 bits per heavy atom. The molecule has 0 spiro atoms. The van der Waals surface area contributed by atoms with Crippen molar-refractivity contribution in [3.63, 3.8) is 0 Å². The maximum absolute atomic E-state index is 12.8. The van der Waals surface area contributed by atoms with Crippen molar-refractivity contribution < 1.29 is 14.2 Å². The third-order valence-electron chi connectivity index (χ3n) is 5.66. The zero-order valence-corrected chi connectivity index (χ0v) is 17.4. The molecule has 9 nitrogen and oxygen atoms in total. The lowest BCUT2D eigenvalue weighted by Crippen LogP contribution is -2.50. The fourth-order valence-corrected chi connectivity index (χ4v) is 4.01. The molecule has 3 aromatic rings. The summed E-state index contributed by atoms with van der Waals surface area (Å²) in [6.45, 7) is 3.68. The Bertz CT molecular complexity index is 1140. The van der Waals surface area contributed by atoms with E-state index in [0.29, 0.717) is 54.3 Å². The molecule has 4 heterocycles. The molecular formula is C22H23N5O4. The highest BCUT2D eigenvalue weighted by molar-refractivity contribution is 5.56. The van der Waals surface area contributed by atoms with Gasteiger partial charge in [-0.3, -0.25) is 9.36 Å². The molecule has 0 saturated heterocycles. The van der Waals surface area contributed by atoms with E-state index in [2.05, 4.69) is 21.8 Å². The Morgan fingerprint density at radius 1 is 1.26 bits per heavy atom. The van der Waals surface area contributed by atoms with Gasteiger partial charge in [0.15, 0.2) is 17.6 Å². The molecule has 2 unspecified atom stereocenters. The van der Waals surface area contributed by atoms with Gasteiger partial charge in [0.1, 0.15) is 12.9 Å². The number of aromatic nitrogens is 4. The summed E-state index contributed by atoms with van der Waals surface area (Å²) < 4.78 is 19.3. The SMILES string of the molecule is COc1cccc2c1OC(CN1c3nc(-c4ccncn4)cc(=O)n3CCC1C)CO2. The van der Waals surface area contributed by atoms with E-state index in [-0.39, 0.29) is 17.7 Å². The monoisotopic (exact) mass is 421 g/mol. The van der Waals surface area contributed by atoms with E-state index >= 15 is 0 Å². The van der Waals surface area contributed by atoms with E-state index < -0.39 is 0 Å². The number of hydrogen-bond donors (Lipinski definition) is 0. The van der Waals surface area contributed by atoms with Crippen LogP contribution in [0.1, 0.15) is 13.3 Å².